The minimum absolute atomic E-state index is 0.269. The van der Waals surface area contributed by atoms with E-state index >= 15 is 0 Å². The number of fused-ring (bicyclic) bond motifs is 8. The molecule has 3 heterocycles. The standard InChI is InChI=1S/C30H38N10O2/c1-5-39(6-2)27-33-25-31-17-21-11-9-12-22(15-21)18-32-26-34-28(40(7-3)8-4)38-30(36-26)42-20-24-14-10-13-23(16-24)19-41-29(35-25)37-27/h9-16H,5-8,17-20H2,1-4H3,(H,31,33,35,37)(H,32,34,36,38). The molecule has 0 radical (unpaired) electrons. The summed E-state index contributed by atoms with van der Waals surface area (Å²) >= 11 is 0. The third-order valence-corrected chi connectivity index (χ3v) is 6.92. The number of hydrogen-bond donors (Lipinski definition) is 2. The lowest BCUT2D eigenvalue weighted by Gasteiger charge is -2.20. The van der Waals surface area contributed by atoms with E-state index in [0.29, 0.717) is 50.1 Å². The van der Waals surface area contributed by atoms with E-state index in [4.69, 9.17) is 9.47 Å². The third-order valence-electron chi connectivity index (χ3n) is 6.92. The van der Waals surface area contributed by atoms with E-state index in [1.54, 1.807) is 0 Å². The lowest BCUT2D eigenvalue weighted by Crippen LogP contribution is -2.25. The molecule has 0 unspecified atom stereocenters. The molecule has 8 bridgehead atoms. The Labute approximate surface area is 246 Å². The van der Waals surface area contributed by atoms with Crippen LogP contribution in [-0.2, 0) is 26.3 Å². The summed E-state index contributed by atoms with van der Waals surface area (Å²) < 4.78 is 12.2. The summed E-state index contributed by atoms with van der Waals surface area (Å²) in [5.74, 6) is 2.08. The zero-order chi connectivity index (χ0) is 29.3. The first kappa shape index (κ1) is 28.8. The Morgan fingerprint density at radius 2 is 0.976 bits per heavy atom. The molecule has 2 aromatic heterocycles. The summed E-state index contributed by atoms with van der Waals surface area (Å²) in [5.41, 5.74) is 4.08. The molecule has 12 heteroatoms. The number of ether oxygens (including phenoxy) is 2. The monoisotopic (exact) mass is 570 g/mol. The maximum atomic E-state index is 6.08. The fraction of sp³-hybridized carbons (Fsp3) is 0.400. The number of aromatic nitrogens is 6. The summed E-state index contributed by atoms with van der Waals surface area (Å²) in [6.07, 6.45) is 0. The van der Waals surface area contributed by atoms with E-state index in [2.05, 4.69) is 96.2 Å². The van der Waals surface area contributed by atoms with Crippen molar-refractivity contribution in [3.8, 4) is 12.0 Å². The van der Waals surface area contributed by atoms with E-state index in [1.807, 2.05) is 30.3 Å². The smallest absolute Gasteiger partial charge is 0.323 e. The van der Waals surface area contributed by atoms with Crippen LogP contribution < -0.4 is 29.9 Å². The van der Waals surface area contributed by atoms with Crippen LogP contribution in [-0.4, -0.2) is 56.1 Å². The second-order valence-corrected chi connectivity index (χ2v) is 9.75. The molecule has 220 valence electrons. The first-order valence-electron chi connectivity index (χ1n) is 14.5. The van der Waals surface area contributed by atoms with Crippen LogP contribution in [0.3, 0.4) is 0 Å². The van der Waals surface area contributed by atoms with Crippen molar-refractivity contribution in [1.29, 1.82) is 0 Å². The van der Waals surface area contributed by atoms with Crippen LogP contribution >= 0.6 is 0 Å². The predicted molar refractivity (Wildman–Crippen MR) is 163 cm³/mol. The molecule has 0 saturated heterocycles. The third kappa shape index (κ3) is 7.31. The molecular formula is C30H38N10O2. The van der Waals surface area contributed by atoms with Crippen LogP contribution in [0.25, 0.3) is 0 Å². The quantitative estimate of drug-likeness (QED) is 0.340. The molecule has 2 aromatic carbocycles. The van der Waals surface area contributed by atoms with E-state index in [1.165, 1.54) is 0 Å². The molecule has 0 fully saturated rings. The fourth-order valence-electron chi connectivity index (χ4n) is 4.59. The summed E-state index contributed by atoms with van der Waals surface area (Å²) in [6.45, 7) is 13.0. The van der Waals surface area contributed by atoms with Gasteiger partial charge in [-0.3, -0.25) is 0 Å². The van der Waals surface area contributed by atoms with Gasteiger partial charge in [-0.05, 0) is 56.0 Å². The van der Waals surface area contributed by atoms with Gasteiger partial charge in [0.1, 0.15) is 13.2 Å². The molecule has 12 nitrogen and oxygen atoms in total. The van der Waals surface area contributed by atoms with Crippen LogP contribution in [0.4, 0.5) is 23.8 Å². The number of hydrogen-bond acceptors (Lipinski definition) is 12. The zero-order valence-electron chi connectivity index (χ0n) is 24.7. The summed E-state index contributed by atoms with van der Waals surface area (Å²) in [7, 11) is 0. The fourth-order valence-corrected chi connectivity index (χ4v) is 4.59. The van der Waals surface area contributed by atoms with Crippen LogP contribution in [0, 0.1) is 0 Å². The molecule has 0 saturated carbocycles. The van der Waals surface area contributed by atoms with Gasteiger partial charge in [0.15, 0.2) is 0 Å². The van der Waals surface area contributed by atoms with Crippen LogP contribution in [0.15, 0.2) is 48.5 Å². The lowest BCUT2D eigenvalue weighted by atomic mass is 10.1. The van der Waals surface area contributed by atoms with Gasteiger partial charge in [0, 0.05) is 39.3 Å². The van der Waals surface area contributed by atoms with E-state index in [-0.39, 0.29) is 12.0 Å². The summed E-state index contributed by atoms with van der Waals surface area (Å²) in [6, 6.07) is 16.8. The van der Waals surface area contributed by atoms with Gasteiger partial charge in [0.25, 0.3) is 0 Å². The lowest BCUT2D eigenvalue weighted by molar-refractivity contribution is 0.274. The number of nitrogens with one attached hydrogen (secondary N) is 2. The summed E-state index contributed by atoms with van der Waals surface area (Å²) in [4.78, 5) is 31.8. The average molecular weight is 571 g/mol. The van der Waals surface area contributed by atoms with Gasteiger partial charge in [-0.2, -0.15) is 29.9 Å². The zero-order valence-corrected chi connectivity index (χ0v) is 24.7. The van der Waals surface area contributed by atoms with Gasteiger partial charge < -0.3 is 29.9 Å². The highest BCUT2D eigenvalue weighted by Crippen LogP contribution is 2.20. The Balaban J connectivity index is 1.48. The van der Waals surface area contributed by atoms with Crippen molar-refractivity contribution in [2.24, 2.45) is 0 Å². The molecule has 5 rings (SSSR count). The molecule has 0 amide bonds. The van der Waals surface area contributed by atoms with E-state index in [9.17, 15) is 0 Å². The maximum absolute atomic E-state index is 6.08. The van der Waals surface area contributed by atoms with Crippen LogP contribution in [0.2, 0.25) is 0 Å². The van der Waals surface area contributed by atoms with Gasteiger partial charge in [-0.1, -0.05) is 42.5 Å². The van der Waals surface area contributed by atoms with E-state index in [0.717, 1.165) is 48.4 Å². The molecule has 1 aliphatic heterocycles. The van der Waals surface area contributed by atoms with Crippen molar-refractivity contribution in [2.75, 3.05) is 46.6 Å². The van der Waals surface area contributed by atoms with Crippen molar-refractivity contribution in [3.05, 3.63) is 70.8 Å². The SMILES string of the molecule is CCN(CC)c1nc2nc(n1)OCc1cccc(c1)COc1nc(nc(N(CC)CC)n1)NCc1cccc(c1)CN2. The van der Waals surface area contributed by atoms with Crippen molar-refractivity contribution in [1.82, 2.24) is 29.9 Å². The van der Waals surface area contributed by atoms with Gasteiger partial charge in [0.2, 0.25) is 23.8 Å². The number of rotatable bonds is 6. The molecule has 4 aromatic rings. The highest BCUT2D eigenvalue weighted by Gasteiger charge is 2.15. The van der Waals surface area contributed by atoms with Gasteiger partial charge in [-0.15, -0.1) is 0 Å². The van der Waals surface area contributed by atoms with E-state index < -0.39 is 0 Å². The number of benzene rings is 2. The number of anilines is 4. The van der Waals surface area contributed by atoms with Crippen molar-refractivity contribution >= 4 is 23.8 Å². The molecule has 42 heavy (non-hydrogen) atoms. The minimum atomic E-state index is 0.269. The number of nitrogens with zero attached hydrogens (tertiary/aromatic N) is 8. The Kier molecular flexibility index (Phi) is 9.42. The first-order valence-corrected chi connectivity index (χ1v) is 14.5. The average Bonchev–Trinajstić information content (AvgIpc) is 3.02. The molecule has 2 N–H and O–H groups in total. The Morgan fingerprint density at radius 1 is 0.571 bits per heavy atom. The van der Waals surface area contributed by atoms with Gasteiger partial charge in [-0.25, -0.2) is 0 Å². The van der Waals surface area contributed by atoms with Crippen molar-refractivity contribution < 1.29 is 9.47 Å². The first-order chi connectivity index (χ1) is 20.6. The second-order valence-electron chi connectivity index (χ2n) is 9.75. The van der Waals surface area contributed by atoms with Crippen molar-refractivity contribution in [3.63, 3.8) is 0 Å². The van der Waals surface area contributed by atoms with Gasteiger partial charge >= 0.3 is 12.0 Å². The predicted octanol–water partition coefficient (Wildman–Crippen LogP) is 4.44. The largest absolute Gasteiger partial charge is 0.458 e. The maximum Gasteiger partial charge on any atom is 0.323 e. The Hall–Kier alpha value is -4.74. The highest BCUT2D eigenvalue weighted by molar-refractivity contribution is 5.41. The Bertz CT molecular complexity index is 1280. The van der Waals surface area contributed by atoms with Gasteiger partial charge in [0.05, 0.1) is 0 Å². The van der Waals surface area contributed by atoms with Crippen LogP contribution in [0.5, 0.6) is 12.0 Å². The van der Waals surface area contributed by atoms with Crippen molar-refractivity contribution in [2.45, 2.75) is 54.0 Å². The molecular weight excluding hydrogens is 532 g/mol. The highest BCUT2D eigenvalue weighted by atomic mass is 16.5. The molecule has 0 atom stereocenters. The molecule has 0 aliphatic carbocycles. The normalized spacial score (nSPS) is 13.0. The molecule has 1 aliphatic rings. The minimum Gasteiger partial charge on any atom is -0.458 e. The molecule has 0 spiro atoms. The summed E-state index contributed by atoms with van der Waals surface area (Å²) in [5, 5.41) is 6.72. The topological polar surface area (TPSA) is 126 Å². The van der Waals surface area contributed by atoms with Crippen LogP contribution in [0.1, 0.15) is 49.9 Å². The Morgan fingerprint density at radius 3 is 1.40 bits per heavy atom. The second kappa shape index (κ2) is 13.7.